The maximum absolute atomic E-state index is 12.1. The van der Waals surface area contributed by atoms with Gasteiger partial charge in [0.05, 0.1) is 0 Å². The molecular formula is C19H19ClN2O. The van der Waals surface area contributed by atoms with Crippen LogP contribution in [0, 0.1) is 6.92 Å². The van der Waals surface area contributed by atoms with E-state index in [9.17, 15) is 4.79 Å². The molecule has 0 atom stereocenters. The summed E-state index contributed by atoms with van der Waals surface area (Å²) < 4.78 is 2.29. The highest BCUT2D eigenvalue weighted by atomic mass is 35.5. The molecule has 3 aromatic rings. The molecule has 0 aliphatic heterocycles. The first-order valence-electron chi connectivity index (χ1n) is 7.74. The number of amides is 1. The fraction of sp³-hybridized carbons (Fsp3) is 0.211. The van der Waals surface area contributed by atoms with E-state index >= 15 is 0 Å². The lowest BCUT2D eigenvalue weighted by Crippen LogP contribution is -2.25. The lowest BCUT2D eigenvalue weighted by atomic mass is 10.2. The van der Waals surface area contributed by atoms with Gasteiger partial charge in [0, 0.05) is 34.9 Å². The lowest BCUT2D eigenvalue weighted by Gasteiger charge is -2.09. The Morgan fingerprint density at radius 1 is 1.13 bits per heavy atom. The molecule has 3 nitrogen and oxygen atoms in total. The van der Waals surface area contributed by atoms with Crippen LogP contribution >= 0.6 is 11.6 Å². The van der Waals surface area contributed by atoms with Crippen LogP contribution in [-0.4, -0.2) is 17.0 Å². The van der Waals surface area contributed by atoms with Crippen LogP contribution in [0.25, 0.3) is 10.9 Å². The summed E-state index contributed by atoms with van der Waals surface area (Å²) in [6.07, 6.45) is 0.881. The third-order valence-electron chi connectivity index (χ3n) is 3.95. The second-order valence-corrected chi connectivity index (χ2v) is 6.05. The number of hydrogen-bond acceptors (Lipinski definition) is 1. The molecule has 0 saturated carbocycles. The molecule has 0 unspecified atom stereocenters. The molecule has 4 heteroatoms. The number of nitrogens with one attached hydrogen (secondary N) is 1. The lowest BCUT2D eigenvalue weighted by molar-refractivity contribution is 0.0953. The Balaban J connectivity index is 1.57. The molecule has 0 saturated heterocycles. The Morgan fingerprint density at radius 2 is 1.96 bits per heavy atom. The molecule has 2 aromatic carbocycles. The van der Waals surface area contributed by atoms with Crippen LogP contribution in [0.1, 0.15) is 22.5 Å². The van der Waals surface area contributed by atoms with Crippen LogP contribution in [0.2, 0.25) is 5.02 Å². The third kappa shape index (κ3) is 3.57. The van der Waals surface area contributed by atoms with E-state index in [4.69, 9.17) is 11.6 Å². The molecule has 23 heavy (non-hydrogen) atoms. The van der Waals surface area contributed by atoms with Crippen LogP contribution in [0.15, 0.2) is 54.6 Å². The highest BCUT2D eigenvalue weighted by molar-refractivity contribution is 6.30. The quantitative estimate of drug-likeness (QED) is 0.692. The number of benzene rings is 2. The first-order chi connectivity index (χ1) is 11.1. The third-order valence-corrected chi connectivity index (χ3v) is 4.18. The minimum Gasteiger partial charge on any atom is -0.352 e. The summed E-state index contributed by atoms with van der Waals surface area (Å²) in [5, 5.41) is 4.78. The summed E-state index contributed by atoms with van der Waals surface area (Å²) in [7, 11) is 0. The van der Waals surface area contributed by atoms with Crippen molar-refractivity contribution >= 4 is 28.4 Å². The fourth-order valence-electron chi connectivity index (χ4n) is 2.82. The minimum absolute atomic E-state index is 0.0819. The monoisotopic (exact) mass is 326 g/mol. The number of rotatable bonds is 5. The van der Waals surface area contributed by atoms with Gasteiger partial charge in [0.15, 0.2) is 0 Å². The van der Waals surface area contributed by atoms with E-state index in [0.29, 0.717) is 17.1 Å². The molecule has 0 aliphatic rings. The van der Waals surface area contributed by atoms with Gasteiger partial charge in [0.25, 0.3) is 5.91 Å². The van der Waals surface area contributed by atoms with Gasteiger partial charge in [-0.05, 0) is 49.1 Å². The van der Waals surface area contributed by atoms with Crippen molar-refractivity contribution in [2.45, 2.75) is 19.9 Å². The van der Waals surface area contributed by atoms with Crippen molar-refractivity contribution in [2.75, 3.05) is 6.54 Å². The van der Waals surface area contributed by atoms with E-state index in [-0.39, 0.29) is 5.91 Å². The predicted molar refractivity (Wildman–Crippen MR) is 95.1 cm³/mol. The molecule has 1 amide bonds. The van der Waals surface area contributed by atoms with Gasteiger partial charge in [-0.1, -0.05) is 35.9 Å². The number of fused-ring (bicyclic) bond motifs is 1. The molecule has 3 rings (SSSR count). The van der Waals surface area contributed by atoms with E-state index in [0.717, 1.165) is 13.0 Å². The van der Waals surface area contributed by atoms with E-state index < -0.39 is 0 Å². The second kappa shape index (κ2) is 6.88. The number of halogens is 1. The first kappa shape index (κ1) is 15.6. The molecular weight excluding hydrogens is 308 g/mol. The molecule has 118 valence electrons. The highest BCUT2D eigenvalue weighted by Crippen LogP contribution is 2.19. The normalized spacial score (nSPS) is 10.9. The Labute approximate surface area is 140 Å². The maximum atomic E-state index is 12.1. The molecule has 1 heterocycles. The molecule has 0 bridgehead atoms. The van der Waals surface area contributed by atoms with Crippen molar-refractivity contribution in [3.8, 4) is 0 Å². The summed E-state index contributed by atoms with van der Waals surface area (Å²) in [6.45, 7) is 3.64. The SMILES string of the molecule is Cc1cc2ccccc2n1CCCNC(=O)c1cccc(Cl)c1. The van der Waals surface area contributed by atoms with Crippen molar-refractivity contribution in [1.29, 1.82) is 0 Å². The number of carbonyl (C=O) groups excluding carboxylic acids is 1. The highest BCUT2D eigenvalue weighted by Gasteiger charge is 2.07. The Kier molecular flexibility index (Phi) is 4.68. The molecule has 0 aliphatic carbocycles. The average molecular weight is 327 g/mol. The Morgan fingerprint density at radius 3 is 2.78 bits per heavy atom. The topological polar surface area (TPSA) is 34.0 Å². The van der Waals surface area contributed by atoms with Crippen molar-refractivity contribution < 1.29 is 4.79 Å². The smallest absolute Gasteiger partial charge is 0.251 e. The Bertz CT molecular complexity index is 838. The van der Waals surface area contributed by atoms with Crippen molar-refractivity contribution in [2.24, 2.45) is 0 Å². The summed E-state index contributed by atoms with van der Waals surface area (Å²) >= 11 is 5.91. The maximum Gasteiger partial charge on any atom is 0.251 e. The van der Waals surface area contributed by atoms with Crippen molar-refractivity contribution in [3.63, 3.8) is 0 Å². The second-order valence-electron chi connectivity index (χ2n) is 5.62. The van der Waals surface area contributed by atoms with Gasteiger partial charge in [-0.15, -0.1) is 0 Å². The van der Waals surface area contributed by atoms with Gasteiger partial charge in [0.2, 0.25) is 0 Å². The van der Waals surface area contributed by atoms with Crippen LogP contribution in [0.4, 0.5) is 0 Å². The first-order valence-corrected chi connectivity index (χ1v) is 8.11. The van der Waals surface area contributed by atoms with E-state index in [1.54, 1.807) is 24.3 Å². The fourth-order valence-corrected chi connectivity index (χ4v) is 3.01. The number of aromatic nitrogens is 1. The van der Waals surface area contributed by atoms with Crippen molar-refractivity contribution in [1.82, 2.24) is 9.88 Å². The largest absolute Gasteiger partial charge is 0.352 e. The number of aryl methyl sites for hydroxylation is 2. The zero-order chi connectivity index (χ0) is 16.2. The zero-order valence-electron chi connectivity index (χ0n) is 13.1. The van der Waals surface area contributed by atoms with Gasteiger partial charge < -0.3 is 9.88 Å². The van der Waals surface area contributed by atoms with Gasteiger partial charge in [-0.2, -0.15) is 0 Å². The van der Waals surface area contributed by atoms with Crippen LogP contribution in [0.5, 0.6) is 0 Å². The van der Waals surface area contributed by atoms with Gasteiger partial charge >= 0.3 is 0 Å². The number of hydrogen-bond donors (Lipinski definition) is 1. The van der Waals surface area contributed by atoms with E-state index in [2.05, 4.69) is 47.1 Å². The van der Waals surface area contributed by atoms with Gasteiger partial charge in [-0.25, -0.2) is 0 Å². The number of carbonyl (C=O) groups is 1. The predicted octanol–water partition coefficient (Wildman–Crippen LogP) is 4.42. The number of nitrogens with zero attached hydrogens (tertiary/aromatic N) is 1. The molecule has 0 spiro atoms. The molecule has 0 radical (unpaired) electrons. The van der Waals surface area contributed by atoms with Crippen LogP contribution < -0.4 is 5.32 Å². The standard InChI is InChI=1S/C19H19ClN2O/c1-14-12-15-6-2-3-9-18(15)22(14)11-5-10-21-19(23)16-7-4-8-17(20)13-16/h2-4,6-9,12-13H,5,10-11H2,1H3,(H,21,23). The zero-order valence-corrected chi connectivity index (χ0v) is 13.8. The van der Waals surface area contributed by atoms with E-state index in [1.807, 2.05) is 0 Å². The minimum atomic E-state index is -0.0819. The molecule has 0 fully saturated rings. The summed E-state index contributed by atoms with van der Waals surface area (Å²) in [5.74, 6) is -0.0819. The summed E-state index contributed by atoms with van der Waals surface area (Å²) in [5.41, 5.74) is 3.08. The summed E-state index contributed by atoms with van der Waals surface area (Å²) in [6, 6.07) is 17.6. The summed E-state index contributed by atoms with van der Waals surface area (Å²) in [4.78, 5) is 12.1. The van der Waals surface area contributed by atoms with E-state index in [1.165, 1.54) is 16.6 Å². The van der Waals surface area contributed by atoms with Gasteiger partial charge in [0.1, 0.15) is 0 Å². The average Bonchev–Trinajstić information content (AvgIpc) is 2.87. The van der Waals surface area contributed by atoms with Crippen LogP contribution in [-0.2, 0) is 6.54 Å². The van der Waals surface area contributed by atoms with Crippen LogP contribution in [0.3, 0.4) is 0 Å². The number of para-hydroxylation sites is 1. The molecule has 1 N–H and O–H groups in total. The molecule has 1 aromatic heterocycles. The van der Waals surface area contributed by atoms with Crippen molar-refractivity contribution in [3.05, 3.63) is 70.9 Å². The Hall–Kier alpha value is -2.26. The van der Waals surface area contributed by atoms with Gasteiger partial charge in [-0.3, -0.25) is 4.79 Å².